The SMILES string of the molecule is COc1ccc2c(c1)[C@@]1(O[C@H](CC(=O)N(CCO)Cc3ccccc3)[C@@H]([Si](C)(C)O)[C@@H]1C)C(=O)N2Cc1ccc(N2N=C(c3ccccc3)CCC2=O)cc1. The van der Waals surface area contributed by atoms with Gasteiger partial charge in [0, 0.05) is 43.0 Å². The van der Waals surface area contributed by atoms with E-state index in [9.17, 15) is 19.5 Å². The van der Waals surface area contributed by atoms with Crippen LogP contribution in [0.4, 0.5) is 11.4 Å². The average Bonchev–Trinajstić information content (AvgIpc) is 3.61. The summed E-state index contributed by atoms with van der Waals surface area (Å²) in [5, 5.41) is 16.0. The largest absolute Gasteiger partial charge is 0.497 e. The molecule has 3 heterocycles. The molecule has 55 heavy (non-hydrogen) atoms. The van der Waals surface area contributed by atoms with Crippen LogP contribution >= 0.6 is 0 Å². The molecule has 3 amide bonds. The zero-order valence-electron chi connectivity index (χ0n) is 31.7. The summed E-state index contributed by atoms with van der Waals surface area (Å²) in [5.41, 5.74) is 3.59. The zero-order chi connectivity index (χ0) is 38.9. The number of hydrazone groups is 1. The van der Waals surface area contributed by atoms with Crippen LogP contribution in [0, 0.1) is 5.92 Å². The summed E-state index contributed by atoms with van der Waals surface area (Å²) >= 11 is 0. The molecule has 0 aliphatic carbocycles. The Morgan fingerprint density at radius 3 is 2.31 bits per heavy atom. The summed E-state index contributed by atoms with van der Waals surface area (Å²) in [5.74, 6) is -0.508. The maximum absolute atomic E-state index is 15.0. The van der Waals surface area contributed by atoms with Crippen molar-refractivity contribution < 1.29 is 33.8 Å². The Morgan fingerprint density at radius 2 is 1.65 bits per heavy atom. The van der Waals surface area contributed by atoms with Gasteiger partial charge in [0.2, 0.25) is 11.8 Å². The zero-order valence-corrected chi connectivity index (χ0v) is 32.7. The molecular weight excluding hydrogens is 713 g/mol. The minimum absolute atomic E-state index is 0.0572. The summed E-state index contributed by atoms with van der Waals surface area (Å²) < 4.78 is 12.6. The third-order valence-electron chi connectivity index (χ3n) is 11.2. The van der Waals surface area contributed by atoms with Gasteiger partial charge in [-0.25, -0.2) is 5.01 Å². The number of carbonyl (C=O) groups is 3. The van der Waals surface area contributed by atoms with E-state index in [0.717, 1.165) is 22.4 Å². The molecule has 3 aliphatic rings. The van der Waals surface area contributed by atoms with Crippen molar-refractivity contribution in [1.82, 2.24) is 4.90 Å². The summed E-state index contributed by atoms with van der Waals surface area (Å²) in [6.45, 7) is 6.07. The Morgan fingerprint density at radius 1 is 0.964 bits per heavy atom. The lowest BCUT2D eigenvalue weighted by Gasteiger charge is -2.32. The monoisotopic (exact) mass is 760 g/mol. The van der Waals surface area contributed by atoms with Gasteiger partial charge in [-0.15, -0.1) is 0 Å². The lowest BCUT2D eigenvalue weighted by molar-refractivity contribution is -0.150. The van der Waals surface area contributed by atoms with Gasteiger partial charge in [0.25, 0.3) is 5.91 Å². The number of aliphatic hydroxyl groups excluding tert-OH is 1. The molecule has 7 rings (SSSR count). The smallest absolute Gasteiger partial charge is 0.264 e. The van der Waals surface area contributed by atoms with Crippen molar-refractivity contribution >= 4 is 43.1 Å². The van der Waals surface area contributed by atoms with Crippen molar-refractivity contribution in [3.63, 3.8) is 0 Å². The van der Waals surface area contributed by atoms with Gasteiger partial charge in [0.15, 0.2) is 13.9 Å². The third kappa shape index (κ3) is 7.34. The highest BCUT2D eigenvalue weighted by Crippen LogP contribution is 2.60. The molecule has 2 N–H and O–H groups in total. The fraction of sp³-hybridized carbons (Fsp3) is 0.349. The number of ether oxygens (including phenoxy) is 2. The molecule has 0 unspecified atom stereocenters. The topological polar surface area (TPSA) is 132 Å². The highest BCUT2D eigenvalue weighted by molar-refractivity contribution is 6.71. The van der Waals surface area contributed by atoms with Crippen LogP contribution < -0.4 is 14.6 Å². The van der Waals surface area contributed by atoms with Crippen molar-refractivity contribution in [1.29, 1.82) is 0 Å². The molecule has 1 fully saturated rings. The van der Waals surface area contributed by atoms with E-state index in [1.807, 2.05) is 123 Å². The molecule has 4 aromatic rings. The molecule has 3 aliphatic heterocycles. The first kappa shape index (κ1) is 38.1. The second kappa shape index (κ2) is 15.5. The minimum Gasteiger partial charge on any atom is -0.497 e. The molecular formula is C43H48N4O7Si. The Balaban J connectivity index is 1.18. The quantitative estimate of drug-likeness (QED) is 0.170. The predicted molar refractivity (Wildman–Crippen MR) is 213 cm³/mol. The second-order valence-electron chi connectivity index (χ2n) is 15.1. The average molecular weight is 761 g/mol. The molecule has 286 valence electrons. The molecule has 1 saturated heterocycles. The van der Waals surface area contributed by atoms with Gasteiger partial charge in [-0.1, -0.05) is 79.7 Å². The van der Waals surface area contributed by atoms with E-state index in [0.29, 0.717) is 42.1 Å². The van der Waals surface area contributed by atoms with Crippen LogP contribution in [0.2, 0.25) is 18.6 Å². The first-order valence-electron chi connectivity index (χ1n) is 18.8. The summed E-state index contributed by atoms with van der Waals surface area (Å²) in [7, 11) is -1.48. The van der Waals surface area contributed by atoms with Crippen LogP contribution in [0.1, 0.15) is 48.4 Å². The number of anilines is 2. The third-order valence-corrected chi connectivity index (χ3v) is 13.7. The van der Waals surface area contributed by atoms with Gasteiger partial charge >= 0.3 is 0 Å². The lowest BCUT2D eigenvalue weighted by Crippen LogP contribution is -2.46. The van der Waals surface area contributed by atoms with Gasteiger partial charge in [-0.3, -0.25) is 14.4 Å². The Bertz CT molecular complexity index is 2070. The van der Waals surface area contributed by atoms with Gasteiger partial charge < -0.3 is 29.2 Å². The standard InChI is InChI=1S/C43H48N4O7Si/c1-29-41(55(3,4)52)38(26-40(50)45(23-24-48)27-30-11-7-5-8-12-30)54-43(29)35-25-34(53-2)19-21-37(35)46(42(43)51)28-31-15-17-33(18-16-31)47-39(49)22-20-36(44-47)32-13-9-6-10-14-32/h5-19,21,25,29,38,41,48,52H,20,22-24,26-28H2,1-4H3/t29-,38+,41-,43+/m0/s1. The Kier molecular flexibility index (Phi) is 10.8. The first-order valence-corrected chi connectivity index (χ1v) is 21.8. The molecule has 0 aromatic heterocycles. The first-order chi connectivity index (χ1) is 26.4. The van der Waals surface area contributed by atoms with E-state index in [1.54, 1.807) is 16.9 Å². The Hall–Kier alpha value is -5.14. The highest BCUT2D eigenvalue weighted by atomic mass is 28.4. The van der Waals surface area contributed by atoms with Gasteiger partial charge in [0.1, 0.15) is 5.75 Å². The van der Waals surface area contributed by atoms with E-state index < -0.39 is 31.5 Å². The number of methoxy groups -OCH3 is 1. The molecule has 11 nitrogen and oxygen atoms in total. The molecule has 4 atom stereocenters. The van der Waals surface area contributed by atoms with E-state index in [-0.39, 0.29) is 43.8 Å². The summed E-state index contributed by atoms with van der Waals surface area (Å²) in [6, 6.07) is 32.4. The number of benzene rings is 4. The lowest BCUT2D eigenvalue weighted by atomic mass is 9.82. The van der Waals surface area contributed by atoms with E-state index in [4.69, 9.17) is 14.6 Å². The number of fused-ring (bicyclic) bond motifs is 2. The Labute approximate surface area is 322 Å². The van der Waals surface area contributed by atoms with Gasteiger partial charge in [0.05, 0.1) is 49.9 Å². The molecule has 1 spiro atoms. The minimum atomic E-state index is -3.05. The van der Waals surface area contributed by atoms with Crippen LogP contribution in [0.15, 0.2) is 108 Å². The molecule has 12 heteroatoms. The molecule has 0 saturated carbocycles. The number of nitrogens with zero attached hydrogens (tertiary/aromatic N) is 4. The normalized spacial score (nSPS) is 22.2. The van der Waals surface area contributed by atoms with Gasteiger partial charge in [-0.05, 0) is 60.1 Å². The van der Waals surface area contributed by atoms with E-state index in [2.05, 4.69) is 0 Å². The molecule has 4 aromatic carbocycles. The fourth-order valence-electron chi connectivity index (χ4n) is 8.58. The van der Waals surface area contributed by atoms with Crippen LogP contribution in [0.3, 0.4) is 0 Å². The number of hydrogen-bond acceptors (Lipinski definition) is 8. The molecule has 0 radical (unpaired) electrons. The maximum Gasteiger partial charge on any atom is 0.264 e. The molecule has 0 bridgehead atoms. The summed E-state index contributed by atoms with van der Waals surface area (Å²) in [4.78, 5) is 57.0. The van der Waals surface area contributed by atoms with Crippen LogP contribution in [0.25, 0.3) is 0 Å². The van der Waals surface area contributed by atoms with E-state index in [1.165, 1.54) is 5.01 Å². The van der Waals surface area contributed by atoms with Crippen LogP contribution in [-0.2, 0) is 37.8 Å². The van der Waals surface area contributed by atoms with Gasteiger partial charge in [-0.2, -0.15) is 5.10 Å². The highest BCUT2D eigenvalue weighted by Gasteiger charge is 2.66. The number of rotatable bonds is 12. The number of hydrogen-bond donors (Lipinski definition) is 2. The fourth-order valence-corrected chi connectivity index (χ4v) is 11.1. The van der Waals surface area contributed by atoms with Crippen molar-refractivity contribution in [3.05, 3.63) is 125 Å². The van der Waals surface area contributed by atoms with Crippen molar-refractivity contribution in [2.24, 2.45) is 11.0 Å². The van der Waals surface area contributed by atoms with Crippen molar-refractivity contribution in [2.75, 3.05) is 30.2 Å². The van der Waals surface area contributed by atoms with Crippen LogP contribution in [-0.4, -0.2) is 72.9 Å². The summed E-state index contributed by atoms with van der Waals surface area (Å²) in [6.07, 6.45) is 0.114. The number of carbonyl (C=O) groups excluding carboxylic acids is 3. The number of aliphatic hydroxyl groups is 1. The van der Waals surface area contributed by atoms with Crippen molar-refractivity contribution in [2.45, 2.75) is 69.6 Å². The van der Waals surface area contributed by atoms with Crippen molar-refractivity contribution in [3.8, 4) is 5.75 Å². The predicted octanol–water partition coefficient (Wildman–Crippen LogP) is 5.98. The number of amides is 3. The maximum atomic E-state index is 15.0. The van der Waals surface area contributed by atoms with E-state index >= 15 is 4.79 Å². The van der Waals surface area contributed by atoms with Crippen LogP contribution in [0.5, 0.6) is 5.75 Å². The second-order valence-corrected chi connectivity index (χ2v) is 19.1.